The van der Waals surface area contributed by atoms with Gasteiger partial charge >= 0.3 is 5.97 Å². The summed E-state index contributed by atoms with van der Waals surface area (Å²) in [4.78, 5) is 44.2. The molecule has 9 heteroatoms. The molecular formula is C25H30BrN3O5. The highest BCUT2D eigenvalue weighted by Gasteiger charge is 2.44. The maximum Gasteiger partial charge on any atom is 0.354 e. The second kappa shape index (κ2) is 10.6. The number of likely N-dealkylation sites (tertiary alicyclic amines) is 1. The van der Waals surface area contributed by atoms with Crippen LogP contribution in [-0.4, -0.2) is 60.8 Å². The number of rotatable bonds is 8. The molecule has 1 aromatic heterocycles. The highest BCUT2D eigenvalue weighted by molar-refractivity contribution is 9.10. The van der Waals surface area contributed by atoms with Crippen molar-refractivity contribution in [3.05, 3.63) is 62.4 Å². The molecule has 34 heavy (non-hydrogen) atoms. The summed E-state index contributed by atoms with van der Waals surface area (Å²) >= 11 is 3.41. The van der Waals surface area contributed by atoms with Crippen molar-refractivity contribution in [2.75, 3.05) is 33.3 Å². The highest BCUT2D eigenvalue weighted by Crippen LogP contribution is 2.40. The first-order valence-corrected chi connectivity index (χ1v) is 12.1. The van der Waals surface area contributed by atoms with Gasteiger partial charge in [-0.3, -0.25) is 9.59 Å². The maximum absolute atomic E-state index is 13.8. The standard InChI is InChI=1S/C25H30BrN3O5/c1-6-28(7-2)12-13-29-21(16-8-10-17(26)11-9-16)19(23(31)24(29)32)22(30)18-14(3)20(25(33)34-5)27-15(18)4/h8-11,21,27,30H,6-7,12-13H2,1-5H3. The third-order valence-corrected chi connectivity index (χ3v) is 7.00. The number of quaternary nitrogens is 1. The largest absolute Gasteiger partial charge is 0.872 e. The van der Waals surface area contributed by atoms with Crippen LogP contribution in [0.3, 0.4) is 0 Å². The van der Waals surface area contributed by atoms with E-state index < -0.39 is 29.5 Å². The smallest absolute Gasteiger partial charge is 0.354 e. The van der Waals surface area contributed by atoms with Crippen LogP contribution in [0.5, 0.6) is 0 Å². The first-order valence-electron chi connectivity index (χ1n) is 11.3. The first kappa shape index (κ1) is 25.7. The summed E-state index contributed by atoms with van der Waals surface area (Å²) in [5, 5.41) is 13.8. The molecule has 0 saturated carbocycles. The van der Waals surface area contributed by atoms with E-state index in [0.29, 0.717) is 29.9 Å². The molecule has 1 aliphatic rings. The lowest BCUT2D eigenvalue weighted by Gasteiger charge is -2.28. The molecule has 2 N–H and O–H groups in total. The van der Waals surface area contributed by atoms with Crippen LogP contribution >= 0.6 is 15.9 Å². The summed E-state index contributed by atoms with van der Waals surface area (Å²) in [6, 6.07) is 6.45. The fraction of sp³-hybridized carbons (Fsp3) is 0.400. The van der Waals surface area contributed by atoms with Gasteiger partial charge in [0.25, 0.3) is 5.91 Å². The number of esters is 1. The van der Waals surface area contributed by atoms with Gasteiger partial charge in [0.05, 0.1) is 39.3 Å². The average molecular weight is 532 g/mol. The van der Waals surface area contributed by atoms with Gasteiger partial charge in [-0.2, -0.15) is 0 Å². The molecule has 3 rings (SSSR count). The topological polar surface area (TPSA) is 107 Å². The number of aryl methyl sites for hydroxylation is 1. The van der Waals surface area contributed by atoms with E-state index in [4.69, 9.17) is 4.74 Å². The quantitative estimate of drug-likeness (QED) is 0.231. The van der Waals surface area contributed by atoms with Crippen LogP contribution in [0.4, 0.5) is 0 Å². The zero-order chi connectivity index (χ0) is 25.2. The number of hydrogen-bond acceptors (Lipinski definition) is 5. The number of carbonyl (C=O) groups is 3. The molecule has 1 saturated heterocycles. The fourth-order valence-corrected chi connectivity index (χ4v) is 4.77. The number of likely N-dealkylation sites (N-methyl/N-ethyl adjacent to an activating group) is 1. The molecular weight excluding hydrogens is 502 g/mol. The number of nitrogens with zero attached hydrogens (tertiary/aromatic N) is 1. The van der Waals surface area contributed by atoms with Gasteiger partial charge in [-0.15, -0.1) is 0 Å². The van der Waals surface area contributed by atoms with Crippen molar-refractivity contribution in [2.45, 2.75) is 33.7 Å². The van der Waals surface area contributed by atoms with Gasteiger partial charge in [0.1, 0.15) is 5.69 Å². The van der Waals surface area contributed by atoms with E-state index in [0.717, 1.165) is 17.6 Å². The van der Waals surface area contributed by atoms with Crippen molar-refractivity contribution in [2.24, 2.45) is 0 Å². The zero-order valence-electron chi connectivity index (χ0n) is 20.1. The van der Waals surface area contributed by atoms with E-state index in [1.54, 1.807) is 13.8 Å². The van der Waals surface area contributed by atoms with E-state index in [9.17, 15) is 19.5 Å². The molecule has 0 radical (unpaired) electrons. The number of carbonyl (C=O) groups excluding carboxylic acids is 3. The number of H-pyrrole nitrogens is 1. The van der Waals surface area contributed by atoms with Gasteiger partial charge in [-0.1, -0.05) is 33.8 Å². The van der Waals surface area contributed by atoms with Crippen molar-refractivity contribution in [1.82, 2.24) is 9.88 Å². The lowest BCUT2D eigenvalue weighted by molar-refractivity contribution is -0.895. The Morgan fingerprint density at radius 2 is 1.79 bits per heavy atom. The van der Waals surface area contributed by atoms with Gasteiger partial charge in [0.15, 0.2) is 0 Å². The highest BCUT2D eigenvalue weighted by atomic mass is 79.9. The molecule has 2 aromatic rings. The van der Waals surface area contributed by atoms with Crippen molar-refractivity contribution >= 4 is 39.3 Å². The Balaban J connectivity index is 2.17. The Kier molecular flexibility index (Phi) is 7.99. The minimum Gasteiger partial charge on any atom is -0.872 e. The van der Waals surface area contributed by atoms with Crippen LogP contribution in [0.1, 0.15) is 52.8 Å². The number of hydrogen-bond donors (Lipinski definition) is 2. The van der Waals surface area contributed by atoms with E-state index in [-0.39, 0.29) is 16.8 Å². The van der Waals surface area contributed by atoms with Gasteiger partial charge < -0.3 is 24.6 Å². The molecule has 0 spiro atoms. The van der Waals surface area contributed by atoms with Gasteiger partial charge in [0, 0.05) is 15.7 Å². The number of amides is 1. The van der Waals surface area contributed by atoms with Crippen molar-refractivity contribution in [3.63, 3.8) is 0 Å². The number of halogens is 1. The fourth-order valence-electron chi connectivity index (χ4n) is 4.51. The molecule has 0 aliphatic carbocycles. The Bertz CT molecular complexity index is 1130. The Hall–Kier alpha value is -2.91. The summed E-state index contributed by atoms with van der Waals surface area (Å²) < 4.78 is 5.65. The number of aromatic nitrogens is 1. The van der Waals surface area contributed by atoms with Crippen LogP contribution in [-0.2, 0) is 14.3 Å². The van der Waals surface area contributed by atoms with E-state index in [1.165, 1.54) is 16.9 Å². The van der Waals surface area contributed by atoms with Crippen molar-refractivity contribution in [1.29, 1.82) is 0 Å². The van der Waals surface area contributed by atoms with Crippen LogP contribution in [0.15, 0.2) is 34.3 Å². The minimum absolute atomic E-state index is 0.0940. The van der Waals surface area contributed by atoms with E-state index in [2.05, 4.69) is 34.8 Å². The molecule has 1 unspecified atom stereocenters. The second-order valence-corrected chi connectivity index (χ2v) is 9.26. The molecule has 1 aliphatic heterocycles. The SMILES string of the molecule is CC[NH+](CC)CCN1C(=O)C(=O)C(=C([O-])c2c(C)[nH]c(C(=O)OC)c2C)C1c1ccc(Br)cc1. The van der Waals surface area contributed by atoms with Gasteiger partial charge in [-0.25, -0.2) is 4.79 Å². The molecule has 1 atom stereocenters. The summed E-state index contributed by atoms with van der Waals surface area (Å²) in [6.45, 7) is 10.2. The third kappa shape index (κ3) is 4.67. The molecule has 182 valence electrons. The van der Waals surface area contributed by atoms with Crippen LogP contribution in [0.25, 0.3) is 5.76 Å². The predicted octanol–water partition coefficient (Wildman–Crippen LogP) is 1.33. The molecule has 1 fully saturated rings. The normalized spacial score (nSPS) is 17.6. The number of aromatic amines is 1. The van der Waals surface area contributed by atoms with Crippen molar-refractivity contribution in [3.8, 4) is 0 Å². The lowest BCUT2D eigenvalue weighted by atomic mass is 9.94. The number of benzene rings is 1. The minimum atomic E-state index is -0.800. The number of nitrogens with one attached hydrogen (secondary N) is 2. The number of Topliss-reactive ketones (excluding diaryl/α,β-unsaturated/α-hetero) is 1. The Morgan fingerprint density at radius 3 is 2.35 bits per heavy atom. The molecule has 8 nitrogen and oxygen atoms in total. The average Bonchev–Trinajstić information content (AvgIpc) is 3.26. The third-order valence-electron chi connectivity index (χ3n) is 6.48. The summed E-state index contributed by atoms with van der Waals surface area (Å²) in [5.41, 5.74) is 1.79. The van der Waals surface area contributed by atoms with Crippen LogP contribution in [0.2, 0.25) is 0 Å². The Morgan fingerprint density at radius 1 is 1.18 bits per heavy atom. The second-order valence-electron chi connectivity index (χ2n) is 8.35. The molecule has 0 bridgehead atoms. The van der Waals surface area contributed by atoms with E-state index >= 15 is 0 Å². The number of methoxy groups -OCH3 is 1. The monoisotopic (exact) mass is 531 g/mol. The number of ether oxygens (including phenoxy) is 1. The first-order chi connectivity index (χ1) is 16.2. The maximum atomic E-state index is 13.8. The number of ketones is 1. The van der Waals surface area contributed by atoms with Gasteiger partial charge in [0.2, 0.25) is 5.78 Å². The lowest BCUT2D eigenvalue weighted by Crippen LogP contribution is -3.12. The van der Waals surface area contributed by atoms with Crippen LogP contribution in [0, 0.1) is 13.8 Å². The van der Waals surface area contributed by atoms with Crippen molar-refractivity contribution < 1.29 is 29.1 Å². The van der Waals surface area contributed by atoms with E-state index in [1.807, 2.05) is 24.3 Å². The molecule has 1 aromatic carbocycles. The van der Waals surface area contributed by atoms with Gasteiger partial charge in [-0.05, 0) is 56.5 Å². The molecule has 2 heterocycles. The Labute approximate surface area is 207 Å². The zero-order valence-corrected chi connectivity index (χ0v) is 21.7. The summed E-state index contributed by atoms with van der Waals surface area (Å²) in [6.07, 6.45) is 0. The van der Waals surface area contributed by atoms with Crippen LogP contribution < -0.4 is 10.0 Å². The summed E-state index contributed by atoms with van der Waals surface area (Å²) in [7, 11) is 1.26. The molecule has 1 amide bonds. The summed E-state index contributed by atoms with van der Waals surface area (Å²) in [5.74, 6) is -2.63. The predicted molar refractivity (Wildman–Crippen MR) is 129 cm³/mol.